The van der Waals surface area contributed by atoms with Crippen molar-refractivity contribution in [1.29, 1.82) is 0 Å². The number of hydrogen-bond acceptors (Lipinski definition) is 1. The fourth-order valence-corrected chi connectivity index (χ4v) is 1.69. The predicted octanol–water partition coefficient (Wildman–Crippen LogP) is 3.38. The lowest BCUT2D eigenvalue weighted by atomic mass is 9.99. The van der Waals surface area contributed by atoms with Crippen LogP contribution in [-0.2, 0) is 6.42 Å². The van der Waals surface area contributed by atoms with E-state index >= 15 is 0 Å². The van der Waals surface area contributed by atoms with Crippen LogP contribution in [-0.4, -0.2) is 6.54 Å². The highest BCUT2D eigenvalue weighted by Gasteiger charge is 2.08. The van der Waals surface area contributed by atoms with E-state index in [1.165, 1.54) is 29.7 Å². The van der Waals surface area contributed by atoms with Gasteiger partial charge in [0.15, 0.2) is 0 Å². The molecule has 1 aromatic rings. The Kier molecular flexibility index (Phi) is 3.81. The minimum atomic E-state index is 1.14. The van der Waals surface area contributed by atoms with Gasteiger partial charge in [0, 0.05) is 12.2 Å². The number of anilines is 1. The largest absolute Gasteiger partial charge is 0.385 e. The molecule has 0 atom stereocenters. The van der Waals surface area contributed by atoms with E-state index in [1.54, 1.807) is 0 Å². The fraction of sp³-hybridized carbons (Fsp3) is 0.500. The second-order valence-corrected chi connectivity index (χ2v) is 3.13. The van der Waals surface area contributed by atoms with Gasteiger partial charge in [-0.2, -0.15) is 0 Å². The molecular formula is C12H19N. The van der Waals surface area contributed by atoms with Crippen LogP contribution in [0.5, 0.6) is 0 Å². The first-order valence-corrected chi connectivity index (χ1v) is 5.20. The van der Waals surface area contributed by atoms with E-state index in [9.17, 15) is 0 Å². The van der Waals surface area contributed by atoms with Gasteiger partial charge in [-0.25, -0.2) is 0 Å². The summed E-state index contributed by atoms with van der Waals surface area (Å²) in [6.45, 7) is 7.32. The first-order chi connectivity index (χ1) is 6.38. The van der Waals surface area contributed by atoms with Crippen LogP contribution in [0.3, 0.4) is 0 Å². The number of aryl methyl sites for hydroxylation is 1. The molecule has 1 aliphatic rings. The molecule has 1 nitrogen and oxygen atoms in total. The highest BCUT2D eigenvalue weighted by atomic mass is 14.9. The first kappa shape index (κ1) is 10.1. The Balaban J connectivity index is 0.000000396. The molecule has 0 bridgehead atoms. The highest BCUT2D eigenvalue weighted by Crippen LogP contribution is 2.24. The maximum absolute atomic E-state index is 3.40. The lowest BCUT2D eigenvalue weighted by molar-refractivity contribution is 0.824. The maximum atomic E-state index is 3.40. The maximum Gasteiger partial charge on any atom is 0.0375 e. The van der Waals surface area contributed by atoms with Crippen molar-refractivity contribution in [3.63, 3.8) is 0 Å². The zero-order valence-electron chi connectivity index (χ0n) is 8.85. The summed E-state index contributed by atoms with van der Waals surface area (Å²) in [6, 6.07) is 6.47. The van der Waals surface area contributed by atoms with E-state index in [2.05, 4.69) is 30.4 Å². The fourth-order valence-electron chi connectivity index (χ4n) is 1.69. The Bertz CT molecular complexity index is 266. The van der Waals surface area contributed by atoms with Crippen molar-refractivity contribution in [2.24, 2.45) is 0 Å². The van der Waals surface area contributed by atoms with E-state index < -0.39 is 0 Å². The molecular weight excluding hydrogens is 158 g/mol. The molecule has 0 saturated carbocycles. The summed E-state index contributed by atoms with van der Waals surface area (Å²) in [6.07, 6.45) is 2.52. The average molecular weight is 177 g/mol. The van der Waals surface area contributed by atoms with Crippen molar-refractivity contribution in [1.82, 2.24) is 0 Å². The molecule has 1 aliphatic heterocycles. The number of rotatable bonds is 0. The molecule has 2 rings (SSSR count). The molecule has 0 amide bonds. The lowest BCUT2D eigenvalue weighted by Crippen LogP contribution is -2.12. The number of fused-ring (bicyclic) bond motifs is 1. The Hall–Kier alpha value is -0.980. The van der Waals surface area contributed by atoms with Crippen molar-refractivity contribution in [3.8, 4) is 0 Å². The second kappa shape index (κ2) is 4.90. The zero-order valence-corrected chi connectivity index (χ0v) is 8.85. The molecule has 0 fully saturated rings. The van der Waals surface area contributed by atoms with Crippen molar-refractivity contribution >= 4 is 5.69 Å². The second-order valence-electron chi connectivity index (χ2n) is 3.13. The minimum absolute atomic E-state index is 1.14. The Morgan fingerprint density at radius 1 is 1.23 bits per heavy atom. The van der Waals surface area contributed by atoms with Gasteiger partial charge in [0.1, 0.15) is 0 Å². The van der Waals surface area contributed by atoms with Gasteiger partial charge in [-0.3, -0.25) is 0 Å². The monoisotopic (exact) mass is 177 g/mol. The van der Waals surface area contributed by atoms with E-state index in [-0.39, 0.29) is 0 Å². The van der Waals surface area contributed by atoms with Gasteiger partial charge in [0.2, 0.25) is 0 Å². The van der Waals surface area contributed by atoms with Crippen LogP contribution < -0.4 is 5.32 Å². The van der Waals surface area contributed by atoms with Gasteiger partial charge in [-0.1, -0.05) is 26.0 Å². The topological polar surface area (TPSA) is 12.0 Å². The predicted molar refractivity (Wildman–Crippen MR) is 59.3 cm³/mol. The summed E-state index contributed by atoms with van der Waals surface area (Å²) < 4.78 is 0. The number of nitrogens with one attached hydrogen (secondary N) is 1. The summed E-state index contributed by atoms with van der Waals surface area (Å²) in [5, 5.41) is 3.40. The Morgan fingerprint density at radius 3 is 2.69 bits per heavy atom. The van der Waals surface area contributed by atoms with Crippen molar-refractivity contribution in [2.45, 2.75) is 33.6 Å². The van der Waals surface area contributed by atoms with Gasteiger partial charge < -0.3 is 5.32 Å². The van der Waals surface area contributed by atoms with E-state index in [0.717, 1.165) is 6.54 Å². The van der Waals surface area contributed by atoms with Crippen molar-refractivity contribution in [2.75, 3.05) is 11.9 Å². The summed E-state index contributed by atoms with van der Waals surface area (Å²) >= 11 is 0. The SMILES string of the molecule is CC.Cc1cccc2c1CCCN2. The van der Waals surface area contributed by atoms with Crippen LogP contribution in [0.2, 0.25) is 0 Å². The summed E-state index contributed by atoms with van der Waals surface area (Å²) in [4.78, 5) is 0. The molecule has 72 valence electrons. The van der Waals surface area contributed by atoms with E-state index in [4.69, 9.17) is 0 Å². The smallest absolute Gasteiger partial charge is 0.0375 e. The van der Waals surface area contributed by atoms with Crippen molar-refractivity contribution < 1.29 is 0 Å². The summed E-state index contributed by atoms with van der Waals surface area (Å²) in [5.74, 6) is 0. The Labute approximate surface area is 81.2 Å². The molecule has 0 aliphatic carbocycles. The number of hydrogen-bond donors (Lipinski definition) is 1. The Morgan fingerprint density at radius 2 is 2.00 bits per heavy atom. The third-order valence-corrected chi connectivity index (χ3v) is 2.33. The molecule has 0 saturated heterocycles. The molecule has 0 unspecified atom stereocenters. The van der Waals surface area contributed by atoms with E-state index in [0.29, 0.717) is 0 Å². The lowest BCUT2D eigenvalue weighted by Gasteiger charge is -2.19. The average Bonchev–Trinajstić information content (AvgIpc) is 2.22. The van der Waals surface area contributed by atoms with Crippen LogP contribution in [0.25, 0.3) is 0 Å². The summed E-state index contributed by atoms with van der Waals surface area (Å²) in [7, 11) is 0. The van der Waals surface area contributed by atoms with Gasteiger partial charge in [0.25, 0.3) is 0 Å². The summed E-state index contributed by atoms with van der Waals surface area (Å²) in [5.41, 5.74) is 4.28. The van der Waals surface area contributed by atoms with Gasteiger partial charge in [-0.05, 0) is 37.0 Å². The van der Waals surface area contributed by atoms with Crippen LogP contribution in [0, 0.1) is 6.92 Å². The molecule has 0 spiro atoms. The zero-order chi connectivity index (χ0) is 9.68. The van der Waals surface area contributed by atoms with Gasteiger partial charge in [-0.15, -0.1) is 0 Å². The molecule has 0 radical (unpaired) electrons. The van der Waals surface area contributed by atoms with Crippen molar-refractivity contribution in [3.05, 3.63) is 29.3 Å². The quantitative estimate of drug-likeness (QED) is 0.640. The number of benzene rings is 1. The molecule has 1 N–H and O–H groups in total. The standard InChI is InChI=1S/C10H13N.C2H6/c1-8-4-2-6-10-9(8)5-3-7-11-10;1-2/h2,4,6,11H,3,5,7H2,1H3;1-2H3. The third-order valence-electron chi connectivity index (χ3n) is 2.33. The van der Waals surface area contributed by atoms with Gasteiger partial charge in [0.05, 0.1) is 0 Å². The molecule has 1 aromatic carbocycles. The highest BCUT2D eigenvalue weighted by molar-refractivity contribution is 5.55. The normalized spacial score (nSPS) is 13.5. The molecule has 1 heterocycles. The molecule has 13 heavy (non-hydrogen) atoms. The van der Waals surface area contributed by atoms with E-state index in [1.807, 2.05) is 13.8 Å². The van der Waals surface area contributed by atoms with Gasteiger partial charge >= 0.3 is 0 Å². The molecule has 0 aromatic heterocycles. The van der Waals surface area contributed by atoms with Crippen LogP contribution in [0.15, 0.2) is 18.2 Å². The third kappa shape index (κ3) is 2.24. The van der Waals surface area contributed by atoms with Crippen LogP contribution in [0.4, 0.5) is 5.69 Å². The van der Waals surface area contributed by atoms with Crippen LogP contribution >= 0.6 is 0 Å². The minimum Gasteiger partial charge on any atom is -0.385 e. The van der Waals surface area contributed by atoms with Crippen LogP contribution in [0.1, 0.15) is 31.4 Å². The first-order valence-electron chi connectivity index (χ1n) is 5.20. The molecule has 1 heteroatoms.